The molecule has 0 saturated heterocycles. The molecule has 1 radical (unpaired) electrons. The molecular formula is C12H14IrN3-. The van der Waals surface area contributed by atoms with Gasteiger partial charge in [0.05, 0.1) is 5.82 Å². The number of nitrogens with zero attached hydrogens (tertiary/aromatic N) is 3. The Morgan fingerprint density at radius 1 is 1.25 bits per heavy atom. The summed E-state index contributed by atoms with van der Waals surface area (Å²) >= 11 is 0. The number of aromatic nitrogens is 3. The zero-order valence-corrected chi connectivity index (χ0v) is 12.0. The number of hydrogen-bond donors (Lipinski definition) is 0. The van der Waals surface area contributed by atoms with Gasteiger partial charge >= 0.3 is 0 Å². The molecule has 0 aliphatic heterocycles. The average molecular weight is 392 g/mol. The van der Waals surface area contributed by atoms with Crippen LogP contribution in [0.3, 0.4) is 0 Å². The van der Waals surface area contributed by atoms with Crippen LogP contribution in [0, 0.1) is 6.20 Å². The minimum Gasteiger partial charge on any atom is -0.343 e. The minimum atomic E-state index is 0. The zero-order valence-electron chi connectivity index (χ0n) is 9.56. The molecule has 0 fully saturated rings. The fourth-order valence-corrected chi connectivity index (χ4v) is 1.25. The third-order valence-electron chi connectivity index (χ3n) is 2.17. The molecule has 2 aromatic rings. The van der Waals surface area contributed by atoms with Gasteiger partial charge in [0.1, 0.15) is 0 Å². The van der Waals surface area contributed by atoms with Crippen LogP contribution in [0.25, 0.3) is 5.82 Å². The summed E-state index contributed by atoms with van der Waals surface area (Å²) in [7, 11) is 0. The molecule has 0 spiro atoms. The Morgan fingerprint density at radius 2 is 2.00 bits per heavy atom. The Hall–Kier alpha value is -0.991. The van der Waals surface area contributed by atoms with Gasteiger partial charge in [-0.25, -0.2) is 0 Å². The fourth-order valence-electron chi connectivity index (χ4n) is 1.25. The molecule has 0 unspecified atom stereocenters. The molecule has 0 aliphatic rings. The molecule has 87 valence electrons. The SMILES string of the molecule is CC(C)(C)c1c[c-]n(-c2ccccn2)n1.[Ir]. The van der Waals surface area contributed by atoms with Crippen LogP contribution in [-0.2, 0) is 25.5 Å². The van der Waals surface area contributed by atoms with Crippen molar-refractivity contribution in [2.45, 2.75) is 26.2 Å². The van der Waals surface area contributed by atoms with Crippen LogP contribution in [0.5, 0.6) is 0 Å². The topological polar surface area (TPSA) is 30.7 Å². The third-order valence-corrected chi connectivity index (χ3v) is 2.17. The van der Waals surface area contributed by atoms with Crippen molar-refractivity contribution >= 4 is 0 Å². The van der Waals surface area contributed by atoms with E-state index in [9.17, 15) is 0 Å². The van der Waals surface area contributed by atoms with Gasteiger partial charge in [0, 0.05) is 26.3 Å². The predicted molar refractivity (Wildman–Crippen MR) is 58.9 cm³/mol. The Kier molecular flexibility index (Phi) is 4.00. The summed E-state index contributed by atoms with van der Waals surface area (Å²) in [5.74, 6) is 0.799. The van der Waals surface area contributed by atoms with E-state index in [0.717, 1.165) is 11.5 Å². The molecule has 4 heteroatoms. The summed E-state index contributed by atoms with van der Waals surface area (Å²) in [5, 5.41) is 4.45. The Bertz CT molecular complexity index is 443. The summed E-state index contributed by atoms with van der Waals surface area (Å²) in [6, 6.07) is 7.65. The summed E-state index contributed by atoms with van der Waals surface area (Å²) in [4.78, 5) is 4.21. The number of pyridine rings is 1. The molecule has 3 nitrogen and oxygen atoms in total. The van der Waals surface area contributed by atoms with E-state index >= 15 is 0 Å². The first kappa shape index (κ1) is 13.1. The first-order valence-corrected chi connectivity index (χ1v) is 4.97. The molecule has 0 aliphatic carbocycles. The summed E-state index contributed by atoms with van der Waals surface area (Å²) in [5.41, 5.74) is 1.07. The van der Waals surface area contributed by atoms with Crippen LogP contribution >= 0.6 is 0 Å². The van der Waals surface area contributed by atoms with Gasteiger partial charge in [-0.1, -0.05) is 39.1 Å². The van der Waals surface area contributed by atoms with E-state index in [2.05, 4.69) is 37.1 Å². The van der Waals surface area contributed by atoms with Gasteiger partial charge in [-0.15, -0.1) is 6.07 Å². The van der Waals surface area contributed by atoms with Gasteiger partial charge in [0.25, 0.3) is 0 Å². The average Bonchev–Trinajstić information content (AvgIpc) is 2.67. The largest absolute Gasteiger partial charge is 0.343 e. The van der Waals surface area contributed by atoms with Crippen molar-refractivity contribution < 1.29 is 20.1 Å². The van der Waals surface area contributed by atoms with Crippen LogP contribution in [0.1, 0.15) is 26.5 Å². The number of rotatable bonds is 1. The van der Waals surface area contributed by atoms with Crippen molar-refractivity contribution in [2.24, 2.45) is 0 Å². The first-order chi connectivity index (χ1) is 7.07. The van der Waals surface area contributed by atoms with E-state index in [0.29, 0.717) is 0 Å². The van der Waals surface area contributed by atoms with E-state index < -0.39 is 0 Å². The standard InChI is InChI=1S/C12H14N3.Ir/c1-12(2,3)10-7-9-15(14-10)11-6-4-5-8-13-11;/h4-8H,1-3H3;/q-1;. The van der Waals surface area contributed by atoms with Crippen molar-refractivity contribution in [2.75, 3.05) is 0 Å². The van der Waals surface area contributed by atoms with Crippen LogP contribution in [0.2, 0.25) is 0 Å². The molecule has 0 aromatic carbocycles. The summed E-state index contributed by atoms with van der Waals surface area (Å²) in [6.45, 7) is 6.39. The van der Waals surface area contributed by atoms with Gasteiger partial charge in [-0.2, -0.15) is 0 Å². The second-order valence-corrected chi connectivity index (χ2v) is 4.51. The quantitative estimate of drug-likeness (QED) is 0.698. The van der Waals surface area contributed by atoms with Gasteiger partial charge < -0.3 is 9.67 Å². The molecule has 16 heavy (non-hydrogen) atoms. The molecule has 0 saturated carbocycles. The summed E-state index contributed by atoms with van der Waals surface area (Å²) in [6.07, 6.45) is 4.82. The van der Waals surface area contributed by atoms with Gasteiger partial charge in [0.15, 0.2) is 0 Å². The normalized spacial score (nSPS) is 10.9. The Morgan fingerprint density at radius 3 is 2.50 bits per heavy atom. The molecule has 2 rings (SSSR count). The zero-order chi connectivity index (χ0) is 10.9. The van der Waals surface area contributed by atoms with Crippen molar-refractivity contribution in [3.63, 3.8) is 0 Å². The maximum Gasteiger partial charge on any atom is 0.0519 e. The smallest absolute Gasteiger partial charge is 0.0519 e. The van der Waals surface area contributed by atoms with E-state index in [-0.39, 0.29) is 25.5 Å². The Balaban J connectivity index is 0.00000128. The van der Waals surface area contributed by atoms with Crippen molar-refractivity contribution in [3.05, 3.63) is 42.4 Å². The third kappa shape index (κ3) is 2.77. The van der Waals surface area contributed by atoms with Gasteiger partial charge in [0.2, 0.25) is 0 Å². The van der Waals surface area contributed by atoms with E-state index in [1.54, 1.807) is 10.9 Å². The monoisotopic (exact) mass is 393 g/mol. The van der Waals surface area contributed by atoms with E-state index in [4.69, 9.17) is 0 Å². The van der Waals surface area contributed by atoms with E-state index in [1.807, 2.05) is 24.3 Å². The van der Waals surface area contributed by atoms with Gasteiger partial charge in [-0.05, 0) is 17.2 Å². The van der Waals surface area contributed by atoms with Crippen molar-refractivity contribution in [3.8, 4) is 5.82 Å². The van der Waals surface area contributed by atoms with Crippen molar-refractivity contribution in [1.29, 1.82) is 0 Å². The predicted octanol–water partition coefficient (Wildman–Crippen LogP) is 2.36. The molecule has 0 bridgehead atoms. The number of hydrogen-bond acceptors (Lipinski definition) is 2. The summed E-state index contributed by atoms with van der Waals surface area (Å²) < 4.78 is 1.68. The van der Waals surface area contributed by atoms with Crippen LogP contribution in [-0.4, -0.2) is 14.8 Å². The van der Waals surface area contributed by atoms with Crippen LogP contribution < -0.4 is 0 Å². The van der Waals surface area contributed by atoms with Crippen LogP contribution in [0.15, 0.2) is 30.5 Å². The fraction of sp³-hybridized carbons (Fsp3) is 0.333. The Labute approximate surface area is 109 Å². The maximum atomic E-state index is 4.45. The molecule has 0 atom stereocenters. The minimum absolute atomic E-state index is 0. The van der Waals surface area contributed by atoms with Gasteiger partial charge in [-0.3, -0.25) is 5.10 Å². The first-order valence-electron chi connectivity index (χ1n) is 4.97. The van der Waals surface area contributed by atoms with Crippen molar-refractivity contribution in [1.82, 2.24) is 14.8 Å². The molecule has 2 heterocycles. The molecular weight excluding hydrogens is 378 g/mol. The molecule has 2 aromatic heterocycles. The maximum absolute atomic E-state index is 4.45. The van der Waals surface area contributed by atoms with E-state index in [1.165, 1.54) is 0 Å². The second-order valence-electron chi connectivity index (χ2n) is 4.51. The molecule has 0 N–H and O–H groups in total. The molecule has 0 amide bonds. The van der Waals surface area contributed by atoms with Crippen LogP contribution in [0.4, 0.5) is 0 Å². The second kappa shape index (κ2) is 4.89.